The fourth-order valence-corrected chi connectivity index (χ4v) is 22.6. The Kier molecular flexibility index (Phi) is 1.16. The van der Waals surface area contributed by atoms with Gasteiger partial charge in [-0.3, -0.25) is 0 Å². The molecule has 4 aliphatic heterocycles. The minimum absolute atomic E-state index is 0.560. The Morgan fingerprint density at radius 2 is 1.00 bits per heavy atom. The predicted octanol–water partition coefficient (Wildman–Crippen LogP) is 3.33. The van der Waals surface area contributed by atoms with Gasteiger partial charge in [-0.2, -0.15) is 0 Å². The summed E-state index contributed by atoms with van der Waals surface area (Å²) in [4.78, 5) is 0. The quantitative estimate of drug-likeness (QED) is 0.582. The zero-order valence-corrected chi connectivity index (χ0v) is 13.1. The Bertz CT molecular complexity index is 412. The molecule has 2 saturated carbocycles. The van der Waals surface area contributed by atoms with Gasteiger partial charge in [0.25, 0.3) is 0 Å². The summed E-state index contributed by atoms with van der Waals surface area (Å²) >= 11 is 0. The van der Waals surface area contributed by atoms with Crippen molar-refractivity contribution in [3.63, 3.8) is 0 Å². The average Bonchev–Trinajstić information content (AvgIpc) is 2.57. The van der Waals surface area contributed by atoms with Gasteiger partial charge < -0.3 is 0 Å². The molecule has 6 rings (SSSR count). The lowest BCUT2D eigenvalue weighted by Crippen LogP contribution is -2.81. The van der Waals surface area contributed by atoms with E-state index in [2.05, 4.69) is 40.5 Å². The molecule has 0 spiro atoms. The molecule has 4 saturated heterocycles. The molecule has 2 aliphatic carbocycles. The van der Waals surface area contributed by atoms with Crippen molar-refractivity contribution in [3.8, 4) is 0 Å². The van der Waals surface area contributed by atoms with Crippen LogP contribution in [-0.2, 0) is 0 Å². The number of hydrogen-bond donors (Lipinski definition) is 0. The van der Waals surface area contributed by atoms with E-state index in [1.807, 2.05) is 0 Å². The zero-order chi connectivity index (χ0) is 11.5. The second-order valence-corrected chi connectivity index (χ2v) is 17.6. The van der Waals surface area contributed by atoms with E-state index in [0.29, 0.717) is 0 Å². The first-order valence-corrected chi connectivity index (χ1v) is 12.5. The van der Waals surface area contributed by atoms with Crippen LogP contribution in [0.15, 0.2) is 0 Å². The van der Waals surface area contributed by atoms with E-state index < -0.39 is 14.5 Å². The van der Waals surface area contributed by atoms with Gasteiger partial charge in [0, 0.05) is 63.9 Å². The molecule has 2 heteroatoms. The lowest BCUT2D eigenvalue weighted by atomic mass is 9.26. The lowest BCUT2D eigenvalue weighted by Gasteiger charge is -2.73. The van der Waals surface area contributed by atoms with Crippen LogP contribution in [0.2, 0.25) is 0 Å². The van der Waals surface area contributed by atoms with E-state index in [1.165, 1.54) is 34.5 Å². The molecule has 0 nitrogen and oxygen atoms in total. The third-order valence-corrected chi connectivity index (χ3v) is 17.7. The maximum atomic E-state index is 2.72. The van der Waals surface area contributed by atoms with Crippen molar-refractivity contribution in [2.24, 2.45) is 22.7 Å². The van der Waals surface area contributed by atoms with Crippen LogP contribution < -0.4 is 0 Å². The zero-order valence-electron chi connectivity index (χ0n) is 11.4. The van der Waals surface area contributed by atoms with Crippen molar-refractivity contribution in [1.82, 2.24) is 0 Å². The van der Waals surface area contributed by atoms with Crippen LogP contribution in [0.4, 0.5) is 0 Å². The molecule has 0 aromatic carbocycles. The number of hydrogen-bond acceptors (Lipinski definition) is 0. The van der Waals surface area contributed by atoms with Gasteiger partial charge in [0.15, 0.2) is 0 Å². The largest absolute Gasteiger partial charge is 0.113 e. The SMILES string of the molecule is CC12C3C4C5C(C1[P+]4(C)C)C2(C)C3[P+]5(C)C. The number of rotatable bonds is 0. The minimum Gasteiger partial charge on any atom is -0.0546 e. The molecule has 0 amide bonds. The van der Waals surface area contributed by atoms with E-state index in [1.54, 1.807) is 0 Å². The van der Waals surface area contributed by atoms with Crippen LogP contribution in [0.3, 0.4) is 0 Å². The van der Waals surface area contributed by atoms with Gasteiger partial charge in [0.05, 0.1) is 11.3 Å². The van der Waals surface area contributed by atoms with Gasteiger partial charge in [0.1, 0.15) is 11.3 Å². The summed E-state index contributed by atoms with van der Waals surface area (Å²) in [5, 5.41) is 0. The highest BCUT2D eigenvalue weighted by atomic mass is 31.2. The summed E-state index contributed by atoms with van der Waals surface area (Å²) in [6, 6.07) is 0. The van der Waals surface area contributed by atoms with Crippen LogP contribution in [0.25, 0.3) is 0 Å². The molecular formula is C14H24P2+2. The predicted molar refractivity (Wildman–Crippen MR) is 75.9 cm³/mol. The maximum Gasteiger partial charge on any atom is 0.113 e. The van der Waals surface area contributed by atoms with Crippen molar-refractivity contribution in [1.29, 1.82) is 0 Å². The van der Waals surface area contributed by atoms with E-state index in [-0.39, 0.29) is 0 Å². The Labute approximate surface area is 101 Å². The maximum absolute atomic E-state index is 2.72. The van der Waals surface area contributed by atoms with Gasteiger partial charge in [-0.05, 0) is 0 Å². The third kappa shape index (κ3) is 0.471. The van der Waals surface area contributed by atoms with E-state index in [9.17, 15) is 0 Å². The molecule has 88 valence electrons. The smallest absolute Gasteiger partial charge is 0.0546 e. The second kappa shape index (κ2) is 1.91. The Balaban J connectivity index is 1.86. The van der Waals surface area contributed by atoms with Crippen molar-refractivity contribution >= 4 is 14.5 Å². The fraction of sp³-hybridized carbons (Fsp3) is 1.00. The molecule has 4 heterocycles. The highest BCUT2D eigenvalue weighted by Gasteiger charge is 3.09. The first kappa shape index (κ1) is 9.75. The van der Waals surface area contributed by atoms with Crippen LogP contribution in [0, 0.1) is 22.7 Å². The van der Waals surface area contributed by atoms with E-state index in [0.717, 1.165) is 10.8 Å². The topological polar surface area (TPSA) is 0 Å². The van der Waals surface area contributed by atoms with Gasteiger partial charge in [-0.25, -0.2) is 0 Å². The first-order valence-electron chi connectivity index (χ1n) is 6.89. The van der Waals surface area contributed by atoms with Crippen molar-refractivity contribution in [2.75, 3.05) is 26.7 Å². The molecule has 4 bridgehead atoms. The summed E-state index contributed by atoms with van der Waals surface area (Å²) in [6.45, 7) is 16.3. The molecular weight excluding hydrogens is 230 g/mol. The Morgan fingerprint density at radius 3 is 1.31 bits per heavy atom. The van der Waals surface area contributed by atoms with Crippen molar-refractivity contribution in [3.05, 3.63) is 0 Å². The molecule has 0 aromatic rings. The molecule has 6 aliphatic rings. The standard InChI is InChI=1S/C14H24P2/c1-13-7-9-10-8(11(13)15(9,3)4)14(13,2)12(7)16(10,5)6/h7-12H,1-6H3/q+2. The first-order chi connectivity index (χ1) is 7.23. The second-order valence-electron chi connectivity index (χ2n) is 8.75. The molecule has 16 heavy (non-hydrogen) atoms. The Hall–Kier alpha value is 0.860. The minimum atomic E-state index is -0.560. The molecule has 0 N–H and O–H groups in total. The van der Waals surface area contributed by atoms with E-state index >= 15 is 0 Å². The lowest BCUT2D eigenvalue weighted by molar-refractivity contribution is -0.244. The van der Waals surface area contributed by atoms with Crippen molar-refractivity contribution < 1.29 is 0 Å². The van der Waals surface area contributed by atoms with Crippen LogP contribution >= 0.6 is 14.5 Å². The van der Waals surface area contributed by atoms with E-state index in [4.69, 9.17) is 0 Å². The summed E-state index contributed by atoms with van der Waals surface area (Å²) in [5.41, 5.74) is 6.56. The van der Waals surface area contributed by atoms with Crippen LogP contribution in [0.5, 0.6) is 0 Å². The molecule has 6 fully saturated rings. The average molecular weight is 254 g/mol. The van der Waals surface area contributed by atoms with Gasteiger partial charge in [0.2, 0.25) is 0 Å². The Morgan fingerprint density at radius 1 is 0.688 bits per heavy atom. The highest BCUT2D eigenvalue weighted by Crippen LogP contribution is 3.11. The monoisotopic (exact) mass is 254 g/mol. The molecule has 8 atom stereocenters. The summed E-state index contributed by atoms with van der Waals surface area (Å²) in [7, 11) is -1.12. The highest BCUT2D eigenvalue weighted by molar-refractivity contribution is 7.82. The molecule has 8 unspecified atom stereocenters. The molecule has 0 radical (unpaired) electrons. The van der Waals surface area contributed by atoms with Gasteiger partial charge in [-0.15, -0.1) is 0 Å². The third-order valence-electron chi connectivity index (χ3n) is 8.51. The van der Waals surface area contributed by atoms with Gasteiger partial charge >= 0.3 is 0 Å². The van der Waals surface area contributed by atoms with Crippen molar-refractivity contribution in [2.45, 2.75) is 36.5 Å². The fourth-order valence-electron chi connectivity index (χ4n) is 8.66. The summed E-state index contributed by atoms with van der Waals surface area (Å²) in [5.74, 6) is 2.40. The normalized spacial score (nSPS) is 77.6. The summed E-state index contributed by atoms with van der Waals surface area (Å²) in [6.07, 6.45) is 0. The summed E-state index contributed by atoms with van der Waals surface area (Å²) < 4.78 is 0. The van der Waals surface area contributed by atoms with Crippen LogP contribution in [-0.4, -0.2) is 49.3 Å². The van der Waals surface area contributed by atoms with Crippen LogP contribution in [0.1, 0.15) is 13.8 Å². The van der Waals surface area contributed by atoms with Gasteiger partial charge in [-0.1, -0.05) is 13.8 Å². The molecule has 0 aromatic heterocycles.